The summed E-state index contributed by atoms with van der Waals surface area (Å²) in [6, 6.07) is 13.6. The molecule has 0 bridgehead atoms. The van der Waals surface area contributed by atoms with E-state index >= 15 is 0 Å². The Morgan fingerprint density at radius 3 is 2.35 bits per heavy atom. The monoisotopic (exact) mass is 420 g/mol. The summed E-state index contributed by atoms with van der Waals surface area (Å²) in [5.74, 6) is -0.171. The molecule has 0 N–H and O–H groups in total. The molecule has 1 saturated heterocycles. The van der Waals surface area contributed by atoms with E-state index in [0.717, 1.165) is 5.56 Å². The Bertz CT molecular complexity index is 1100. The molecule has 0 saturated carbocycles. The van der Waals surface area contributed by atoms with Gasteiger partial charge in [-0.3, -0.25) is 9.59 Å². The highest BCUT2D eigenvalue weighted by atomic mass is 16.5. The Labute approximate surface area is 179 Å². The molecule has 3 aromatic rings. The molecule has 2 aromatic heterocycles. The Hall–Kier alpha value is -3.46. The van der Waals surface area contributed by atoms with Crippen molar-refractivity contribution in [3.63, 3.8) is 0 Å². The van der Waals surface area contributed by atoms with Gasteiger partial charge in [0, 0.05) is 39.4 Å². The molecular weight excluding hydrogens is 396 g/mol. The maximum atomic E-state index is 13.1. The average Bonchev–Trinajstić information content (AvgIpc) is 3.44. The van der Waals surface area contributed by atoms with Crippen LogP contribution in [0.15, 0.2) is 48.7 Å². The number of hydrogen-bond acceptors (Lipinski definition) is 5. The smallest absolute Gasteiger partial charge is 0.276 e. The van der Waals surface area contributed by atoms with Crippen LogP contribution in [0, 0.1) is 0 Å². The molecule has 31 heavy (non-hydrogen) atoms. The summed E-state index contributed by atoms with van der Waals surface area (Å²) in [7, 11) is 1.85. The summed E-state index contributed by atoms with van der Waals surface area (Å²) in [4.78, 5) is 29.3. The fourth-order valence-corrected chi connectivity index (χ4v) is 4.15. The first kappa shape index (κ1) is 19.5. The van der Waals surface area contributed by atoms with Crippen molar-refractivity contribution >= 4 is 11.8 Å². The molecule has 2 aliphatic rings. The molecule has 2 aliphatic heterocycles. The van der Waals surface area contributed by atoms with E-state index in [-0.39, 0.29) is 17.9 Å². The lowest BCUT2D eigenvalue weighted by molar-refractivity contribution is -0.00202. The molecular formula is C22H24N6O3. The molecule has 0 unspecified atom stereocenters. The van der Waals surface area contributed by atoms with E-state index in [1.165, 1.54) is 0 Å². The van der Waals surface area contributed by atoms with Gasteiger partial charge < -0.3 is 19.1 Å². The molecule has 0 aliphatic carbocycles. The second-order valence-corrected chi connectivity index (χ2v) is 7.87. The van der Waals surface area contributed by atoms with Crippen molar-refractivity contribution in [3.05, 3.63) is 71.3 Å². The van der Waals surface area contributed by atoms with E-state index in [0.29, 0.717) is 56.4 Å². The number of amides is 2. The van der Waals surface area contributed by atoms with Crippen LogP contribution in [0.3, 0.4) is 0 Å². The standard InChI is InChI=1S/C22H24N6O3/c1-25-9-5-8-17(25)21(29)26-10-12-27(13-11-26)22(30)20-18-15-31-19(14-28(18)24-23-20)16-6-3-2-4-7-16/h2-9,19H,10-15H2,1H3/t19-/m0/s1. The second kappa shape index (κ2) is 7.99. The molecule has 0 radical (unpaired) electrons. The van der Waals surface area contributed by atoms with Gasteiger partial charge in [-0.25, -0.2) is 4.68 Å². The number of ether oxygens (including phenoxy) is 1. The van der Waals surface area contributed by atoms with Crippen LogP contribution in [0.1, 0.15) is 38.3 Å². The number of carbonyl (C=O) groups is 2. The van der Waals surface area contributed by atoms with Gasteiger partial charge in [0.15, 0.2) is 5.69 Å². The van der Waals surface area contributed by atoms with E-state index < -0.39 is 0 Å². The maximum Gasteiger partial charge on any atom is 0.276 e. The van der Waals surface area contributed by atoms with Gasteiger partial charge in [0.25, 0.3) is 11.8 Å². The van der Waals surface area contributed by atoms with Crippen molar-refractivity contribution in [2.75, 3.05) is 26.2 Å². The predicted molar refractivity (Wildman–Crippen MR) is 111 cm³/mol. The van der Waals surface area contributed by atoms with E-state index in [1.807, 2.05) is 60.3 Å². The lowest BCUT2D eigenvalue weighted by Crippen LogP contribution is -2.51. The fourth-order valence-electron chi connectivity index (χ4n) is 4.15. The van der Waals surface area contributed by atoms with Gasteiger partial charge in [-0.2, -0.15) is 0 Å². The molecule has 160 valence electrons. The minimum Gasteiger partial charge on any atom is -0.365 e. The number of aryl methyl sites for hydroxylation is 1. The van der Waals surface area contributed by atoms with Crippen LogP contribution < -0.4 is 0 Å². The number of fused-ring (bicyclic) bond motifs is 1. The summed E-state index contributed by atoms with van der Waals surface area (Å²) in [5.41, 5.74) is 2.78. The van der Waals surface area contributed by atoms with Crippen molar-refractivity contribution in [1.82, 2.24) is 29.4 Å². The highest BCUT2D eigenvalue weighted by Crippen LogP contribution is 2.27. The van der Waals surface area contributed by atoms with Crippen molar-refractivity contribution in [2.24, 2.45) is 7.05 Å². The number of benzene rings is 1. The third kappa shape index (κ3) is 3.61. The molecule has 5 rings (SSSR count). The van der Waals surface area contributed by atoms with E-state index in [4.69, 9.17) is 4.74 Å². The van der Waals surface area contributed by atoms with Crippen LogP contribution in [0.4, 0.5) is 0 Å². The molecule has 9 nitrogen and oxygen atoms in total. The van der Waals surface area contributed by atoms with Crippen LogP contribution in [0.25, 0.3) is 0 Å². The summed E-state index contributed by atoms with van der Waals surface area (Å²) in [6.07, 6.45) is 1.75. The predicted octanol–water partition coefficient (Wildman–Crippen LogP) is 1.49. The Kier molecular flexibility index (Phi) is 5.03. The minimum absolute atomic E-state index is 0.0130. The molecule has 1 aromatic carbocycles. The van der Waals surface area contributed by atoms with Gasteiger partial charge in [-0.15, -0.1) is 5.10 Å². The van der Waals surface area contributed by atoms with Gasteiger partial charge in [0.05, 0.1) is 18.8 Å². The molecule has 1 fully saturated rings. The summed E-state index contributed by atoms with van der Waals surface area (Å²) >= 11 is 0. The second-order valence-electron chi connectivity index (χ2n) is 7.87. The van der Waals surface area contributed by atoms with E-state index in [9.17, 15) is 9.59 Å². The van der Waals surface area contributed by atoms with Gasteiger partial charge in [0.1, 0.15) is 11.8 Å². The van der Waals surface area contributed by atoms with Crippen LogP contribution in [0.2, 0.25) is 0 Å². The first-order valence-electron chi connectivity index (χ1n) is 10.4. The van der Waals surface area contributed by atoms with Gasteiger partial charge in [-0.1, -0.05) is 35.5 Å². The van der Waals surface area contributed by atoms with Gasteiger partial charge in [0.2, 0.25) is 0 Å². The van der Waals surface area contributed by atoms with Crippen molar-refractivity contribution < 1.29 is 14.3 Å². The zero-order chi connectivity index (χ0) is 21.4. The third-order valence-electron chi connectivity index (χ3n) is 5.99. The number of rotatable bonds is 3. The number of nitrogens with zero attached hydrogens (tertiary/aromatic N) is 6. The molecule has 2 amide bonds. The topological polar surface area (TPSA) is 85.5 Å². The summed E-state index contributed by atoms with van der Waals surface area (Å²) in [6.45, 7) is 2.74. The van der Waals surface area contributed by atoms with Crippen LogP contribution in [-0.2, 0) is 24.9 Å². The normalized spacial score (nSPS) is 18.7. The van der Waals surface area contributed by atoms with Gasteiger partial charge >= 0.3 is 0 Å². The number of hydrogen-bond donors (Lipinski definition) is 0. The Balaban J connectivity index is 1.24. The zero-order valence-electron chi connectivity index (χ0n) is 17.3. The lowest BCUT2D eigenvalue weighted by Gasteiger charge is -2.34. The van der Waals surface area contributed by atoms with Crippen molar-refractivity contribution in [1.29, 1.82) is 0 Å². The molecule has 4 heterocycles. The highest BCUT2D eigenvalue weighted by Gasteiger charge is 2.32. The van der Waals surface area contributed by atoms with Crippen LogP contribution in [0.5, 0.6) is 0 Å². The van der Waals surface area contributed by atoms with Crippen LogP contribution >= 0.6 is 0 Å². The zero-order valence-corrected chi connectivity index (χ0v) is 17.3. The highest BCUT2D eigenvalue weighted by molar-refractivity contribution is 5.94. The average molecular weight is 420 g/mol. The number of piperazine rings is 1. The van der Waals surface area contributed by atoms with E-state index in [2.05, 4.69) is 10.3 Å². The summed E-state index contributed by atoms with van der Waals surface area (Å²) < 4.78 is 9.58. The Morgan fingerprint density at radius 1 is 0.968 bits per heavy atom. The lowest BCUT2D eigenvalue weighted by atomic mass is 10.1. The van der Waals surface area contributed by atoms with Crippen LogP contribution in [-0.4, -0.2) is 67.4 Å². The number of carbonyl (C=O) groups excluding carboxylic acids is 2. The van der Waals surface area contributed by atoms with Gasteiger partial charge in [-0.05, 0) is 17.7 Å². The Morgan fingerprint density at radius 2 is 1.68 bits per heavy atom. The van der Waals surface area contributed by atoms with Crippen molar-refractivity contribution in [2.45, 2.75) is 19.3 Å². The van der Waals surface area contributed by atoms with E-state index in [1.54, 1.807) is 14.5 Å². The first-order chi connectivity index (χ1) is 15.1. The summed E-state index contributed by atoms with van der Waals surface area (Å²) in [5, 5.41) is 8.37. The molecule has 9 heteroatoms. The fraction of sp³-hybridized carbons (Fsp3) is 0.364. The molecule has 0 spiro atoms. The quantitative estimate of drug-likeness (QED) is 0.641. The number of aromatic nitrogens is 4. The minimum atomic E-state index is -0.158. The van der Waals surface area contributed by atoms with Crippen molar-refractivity contribution in [3.8, 4) is 0 Å². The molecule has 1 atom stereocenters. The largest absolute Gasteiger partial charge is 0.365 e. The maximum absolute atomic E-state index is 13.1. The SMILES string of the molecule is Cn1cccc1C(=O)N1CCN(C(=O)c2nnn3c2CO[C@H](c2ccccc2)C3)CC1. The first-order valence-corrected chi connectivity index (χ1v) is 10.4. The third-order valence-corrected chi connectivity index (χ3v) is 5.99.